The molecule has 1 rings (SSSR count). The van der Waals surface area contributed by atoms with E-state index in [1.54, 1.807) is 0 Å². The maximum atomic E-state index is 10.1. The van der Waals surface area contributed by atoms with Gasteiger partial charge in [0.1, 0.15) is 0 Å². The van der Waals surface area contributed by atoms with E-state index in [0.717, 1.165) is 19.4 Å². The average molecular weight is 264 g/mol. The molecule has 0 aliphatic carbocycles. The molecule has 2 atom stereocenters. The number of hydrogen-bond acceptors (Lipinski definition) is 3. The summed E-state index contributed by atoms with van der Waals surface area (Å²) in [4.78, 5) is 2.16. The van der Waals surface area contributed by atoms with Crippen molar-refractivity contribution < 1.29 is 5.11 Å². The normalized spacial score (nSPS) is 14.9. The van der Waals surface area contributed by atoms with Gasteiger partial charge in [-0.3, -0.25) is 0 Å². The lowest BCUT2D eigenvalue weighted by Crippen LogP contribution is -2.44. The number of benzene rings is 1. The van der Waals surface area contributed by atoms with E-state index in [1.807, 2.05) is 25.2 Å². The van der Waals surface area contributed by atoms with Crippen molar-refractivity contribution in [3.05, 3.63) is 35.9 Å². The van der Waals surface area contributed by atoms with Crippen molar-refractivity contribution in [2.24, 2.45) is 11.7 Å². The van der Waals surface area contributed by atoms with Crippen LogP contribution >= 0.6 is 0 Å². The van der Waals surface area contributed by atoms with Crippen molar-refractivity contribution in [1.82, 2.24) is 4.90 Å². The van der Waals surface area contributed by atoms with Gasteiger partial charge >= 0.3 is 0 Å². The second kappa shape index (κ2) is 8.31. The van der Waals surface area contributed by atoms with Gasteiger partial charge in [0.2, 0.25) is 0 Å². The number of hydrogen-bond donors (Lipinski definition) is 2. The number of aliphatic hydroxyl groups excluding tert-OH is 1. The van der Waals surface area contributed by atoms with E-state index in [4.69, 9.17) is 5.73 Å². The highest BCUT2D eigenvalue weighted by Crippen LogP contribution is 2.06. The lowest BCUT2D eigenvalue weighted by atomic mass is 10.0. The van der Waals surface area contributed by atoms with Crippen LogP contribution in [0.2, 0.25) is 0 Å². The fourth-order valence-corrected chi connectivity index (χ4v) is 2.05. The zero-order chi connectivity index (χ0) is 14.3. The summed E-state index contributed by atoms with van der Waals surface area (Å²) in [5.41, 5.74) is 7.26. The summed E-state index contributed by atoms with van der Waals surface area (Å²) in [7, 11) is 2.04. The van der Waals surface area contributed by atoms with Crippen LogP contribution in [0.3, 0.4) is 0 Å². The van der Waals surface area contributed by atoms with E-state index in [-0.39, 0.29) is 6.04 Å². The van der Waals surface area contributed by atoms with Gasteiger partial charge in [-0.15, -0.1) is 0 Å². The Morgan fingerprint density at radius 1 is 1.21 bits per heavy atom. The molecule has 3 heteroatoms. The number of nitrogens with two attached hydrogens (primary N) is 1. The third kappa shape index (κ3) is 6.71. The van der Waals surface area contributed by atoms with Crippen LogP contribution in [0.5, 0.6) is 0 Å². The van der Waals surface area contributed by atoms with E-state index in [9.17, 15) is 5.11 Å². The highest BCUT2D eigenvalue weighted by molar-refractivity contribution is 5.16. The first-order valence-corrected chi connectivity index (χ1v) is 7.15. The Morgan fingerprint density at radius 3 is 2.42 bits per heavy atom. The lowest BCUT2D eigenvalue weighted by Gasteiger charge is -2.25. The molecule has 19 heavy (non-hydrogen) atoms. The van der Waals surface area contributed by atoms with Gasteiger partial charge in [-0.05, 0) is 37.9 Å². The molecule has 0 heterocycles. The fraction of sp³-hybridized carbons (Fsp3) is 0.625. The molecule has 1 aromatic carbocycles. The van der Waals surface area contributed by atoms with Crippen LogP contribution in [0, 0.1) is 5.92 Å². The van der Waals surface area contributed by atoms with E-state index in [1.165, 1.54) is 5.56 Å². The number of likely N-dealkylation sites (N-methyl/N-ethyl adjacent to an activating group) is 1. The standard InChI is InChI=1S/C16H28N2O/c1-13(2)9-10-18(3)12-16(19)15(17)11-14-7-5-4-6-8-14/h4-8,13,15-16,19H,9-12,17H2,1-3H3. The quantitative estimate of drug-likeness (QED) is 0.754. The zero-order valence-corrected chi connectivity index (χ0v) is 12.4. The van der Waals surface area contributed by atoms with Crippen molar-refractivity contribution in [3.8, 4) is 0 Å². The van der Waals surface area contributed by atoms with Crippen LogP contribution in [-0.4, -0.2) is 42.3 Å². The highest BCUT2D eigenvalue weighted by atomic mass is 16.3. The number of nitrogens with zero attached hydrogens (tertiary/aromatic N) is 1. The van der Waals surface area contributed by atoms with Crippen molar-refractivity contribution in [2.75, 3.05) is 20.1 Å². The first kappa shape index (κ1) is 16.2. The van der Waals surface area contributed by atoms with Gasteiger partial charge in [0, 0.05) is 12.6 Å². The summed E-state index contributed by atoms with van der Waals surface area (Å²) in [6, 6.07) is 9.89. The maximum Gasteiger partial charge on any atom is 0.0820 e. The van der Waals surface area contributed by atoms with Crippen LogP contribution in [-0.2, 0) is 6.42 Å². The van der Waals surface area contributed by atoms with E-state index in [0.29, 0.717) is 12.5 Å². The number of rotatable bonds is 8. The number of aliphatic hydroxyl groups is 1. The summed E-state index contributed by atoms with van der Waals surface area (Å²) < 4.78 is 0. The molecule has 1 aromatic rings. The van der Waals surface area contributed by atoms with Crippen LogP contribution in [0.25, 0.3) is 0 Å². The summed E-state index contributed by atoms with van der Waals surface area (Å²) in [6.45, 7) is 6.07. The topological polar surface area (TPSA) is 49.5 Å². The summed E-state index contributed by atoms with van der Waals surface area (Å²) in [5, 5.41) is 10.1. The monoisotopic (exact) mass is 264 g/mol. The molecule has 3 nitrogen and oxygen atoms in total. The largest absolute Gasteiger partial charge is 0.390 e. The van der Waals surface area contributed by atoms with Crippen LogP contribution in [0.4, 0.5) is 0 Å². The minimum absolute atomic E-state index is 0.205. The molecule has 108 valence electrons. The maximum absolute atomic E-state index is 10.1. The van der Waals surface area contributed by atoms with Crippen molar-refractivity contribution in [3.63, 3.8) is 0 Å². The van der Waals surface area contributed by atoms with Gasteiger partial charge in [0.15, 0.2) is 0 Å². The third-order valence-corrected chi connectivity index (χ3v) is 3.40. The summed E-state index contributed by atoms with van der Waals surface area (Å²) in [5.74, 6) is 0.692. The van der Waals surface area contributed by atoms with Crippen LogP contribution < -0.4 is 5.73 Å². The molecule has 0 aromatic heterocycles. The molecule has 0 aliphatic rings. The molecule has 0 spiro atoms. The molecular weight excluding hydrogens is 236 g/mol. The SMILES string of the molecule is CC(C)CCN(C)CC(O)C(N)Cc1ccccc1. The molecule has 3 N–H and O–H groups in total. The second-order valence-corrected chi connectivity index (χ2v) is 5.87. The zero-order valence-electron chi connectivity index (χ0n) is 12.4. The fourth-order valence-electron chi connectivity index (χ4n) is 2.05. The van der Waals surface area contributed by atoms with Crippen molar-refractivity contribution in [2.45, 2.75) is 38.8 Å². The molecule has 0 fully saturated rings. The minimum atomic E-state index is -0.475. The summed E-state index contributed by atoms with van der Waals surface area (Å²) >= 11 is 0. The Hall–Kier alpha value is -0.900. The Balaban J connectivity index is 2.34. The van der Waals surface area contributed by atoms with Gasteiger partial charge in [-0.1, -0.05) is 44.2 Å². The van der Waals surface area contributed by atoms with E-state index < -0.39 is 6.10 Å². The first-order chi connectivity index (χ1) is 8.99. The third-order valence-electron chi connectivity index (χ3n) is 3.40. The minimum Gasteiger partial charge on any atom is -0.390 e. The Kier molecular flexibility index (Phi) is 7.06. The van der Waals surface area contributed by atoms with Gasteiger partial charge in [0.25, 0.3) is 0 Å². The second-order valence-electron chi connectivity index (χ2n) is 5.87. The van der Waals surface area contributed by atoms with Gasteiger partial charge in [0.05, 0.1) is 6.10 Å². The molecule has 0 saturated carbocycles. The smallest absolute Gasteiger partial charge is 0.0820 e. The molecular formula is C16H28N2O. The molecule has 2 unspecified atom stereocenters. The lowest BCUT2D eigenvalue weighted by molar-refractivity contribution is 0.0999. The van der Waals surface area contributed by atoms with Gasteiger partial charge < -0.3 is 15.7 Å². The Morgan fingerprint density at radius 2 is 1.84 bits per heavy atom. The molecule has 0 saturated heterocycles. The first-order valence-electron chi connectivity index (χ1n) is 7.15. The summed E-state index contributed by atoms with van der Waals surface area (Å²) in [6.07, 6.45) is 1.40. The Labute approximate surface area is 117 Å². The Bertz CT molecular complexity index is 340. The molecule has 0 aliphatic heterocycles. The molecule has 0 bridgehead atoms. The molecule has 0 radical (unpaired) electrons. The average Bonchev–Trinajstić information content (AvgIpc) is 2.37. The predicted molar refractivity (Wildman–Crippen MR) is 81.1 cm³/mol. The predicted octanol–water partition coefficient (Wildman–Crippen LogP) is 1.90. The van der Waals surface area contributed by atoms with Crippen LogP contribution in [0.15, 0.2) is 30.3 Å². The van der Waals surface area contributed by atoms with E-state index in [2.05, 4.69) is 30.9 Å². The van der Waals surface area contributed by atoms with Crippen molar-refractivity contribution in [1.29, 1.82) is 0 Å². The van der Waals surface area contributed by atoms with Gasteiger partial charge in [-0.25, -0.2) is 0 Å². The van der Waals surface area contributed by atoms with Gasteiger partial charge in [-0.2, -0.15) is 0 Å². The van der Waals surface area contributed by atoms with E-state index >= 15 is 0 Å². The highest BCUT2D eigenvalue weighted by Gasteiger charge is 2.17. The molecule has 0 amide bonds. The van der Waals surface area contributed by atoms with Crippen molar-refractivity contribution >= 4 is 0 Å². The van der Waals surface area contributed by atoms with Crippen LogP contribution in [0.1, 0.15) is 25.8 Å².